The molecule has 0 radical (unpaired) electrons. The van der Waals surface area contributed by atoms with Crippen LogP contribution in [0.25, 0.3) is 0 Å². The molecule has 0 aromatic carbocycles. The normalized spacial score (nSPS) is 28.0. The van der Waals surface area contributed by atoms with Crippen LogP contribution in [0.3, 0.4) is 0 Å². The number of carbonyl (C=O) groups excluding carboxylic acids is 2. The molecule has 0 spiro atoms. The Labute approximate surface area is 76.8 Å². The summed E-state index contributed by atoms with van der Waals surface area (Å²) in [5, 5.41) is 2.63. The second-order valence-corrected chi connectivity index (χ2v) is 3.46. The van der Waals surface area contributed by atoms with E-state index in [9.17, 15) is 9.59 Å². The van der Waals surface area contributed by atoms with E-state index in [2.05, 4.69) is 5.32 Å². The number of rotatable bonds is 2. The van der Waals surface area contributed by atoms with Crippen LogP contribution in [-0.4, -0.2) is 18.0 Å². The summed E-state index contributed by atoms with van der Waals surface area (Å²) >= 11 is 0. The largest absolute Gasteiger partial charge is 0.369 e. The van der Waals surface area contributed by atoms with Gasteiger partial charge in [-0.2, -0.15) is 0 Å². The topological polar surface area (TPSA) is 98.2 Å². The number of primary amides is 2. The van der Waals surface area contributed by atoms with Gasteiger partial charge in [-0.1, -0.05) is 0 Å². The lowest BCUT2D eigenvalue weighted by atomic mass is 9.86. The monoisotopic (exact) mass is 185 g/mol. The van der Waals surface area contributed by atoms with Gasteiger partial charge in [-0.25, -0.2) is 4.79 Å². The van der Waals surface area contributed by atoms with Crippen molar-refractivity contribution in [1.29, 1.82) is 0 Å². The molecule has 0 heterocycles. The number of nitrogens with two attached hydrogens (primary N) is 2. The third-order valence-electron chi connectivity index (χ3n) is 2.48. The van der Waals surface area contributed by atoms with E-state index in [-0.39, 0.29) is 17.9 Å². The third kappa shape index (κ3) is 2.93. The van der Waals surface area contributed by atoms with Crippen molar-refractivity contribution < 1.29 is 9.59 Å². The predicted octanol–water partition coefficient (Wildman–Crippen LogP) is -0.301. The number of amides is 3. The van der Waals surface area contributed by atoms with Crippen LogP contribution in [0, 0.1) is 5.92 Å². The smallest absolute Gasteiger partial charge is 0.312 e. The molecule has 1 aliphatic rings. The highest BCUT2D eigenvalue weighted by Crippen LogP contribution is 2.23. The summed E-state index contributed by atoms with van der Waals surface area (Å²) in [6.45, 7) is 0. The summed E-state index contributed by atoms with van der Waals surface area (Å²) in [5.74, 6) is -0.261. The van der Waals surface area contributed by atoms with Crippen molar-refractivity contribution in [2.24, 2.45) is 17.4 Å². The number of nitrogens with one attached hydrogen (secondary N) is 1. The highest BCUT2D eigenvalue weighted by atomic mass is 16.2. The molecule has 5 heteroatoms. The number of hydrogen-bond donors (Lipinski definition) is 3. The van der Waals surface area contributed by atoms with E-state index in [0.29, 0.717) is 0 Å². The van der Waals surface area contributed by atoms with E-state index in [1.165, 1.54) is 0 Å². The average molecular weight is 185 g/mol. The highest BCUT2D eigenvalue weighted by Gasteiger charge is 2.24. The first-order valence-corrected chi connectivity index (χ1v) is 4.45. The third-order valence-corrected chi connectivity index (χ3v) is 2.48. The fourth-order valence-corrected chi connectivity index (χ4v) is 1.72. The van der Waals surface area contributed by atoms with Gasteiger partial charge in [0, 0.05) is 12.0 Å². The molecule has 0 bridgehead atoms. The molecule has 0 aromatic rings. The Hall–Kier alpha value is -1.26. The molecular formula is C8H15N3O2. The maximum absolute atomic E-state index is 10.8. The first kappa shape index (κ1) is 9.83. The molecule has 74 valence electrons. The predicted molar refractivity (Wildman–Crippen MR) is 47.7 cm³/mol. The van der Waals surface area contributed by atoms with Gasteiger partial charge in [0.1, 0.15) is 0 Å². The van der Waals surface area contributed by atoms with Crippen molar-refractivity contribution in [2.75, 3.05) is 0 Å². The van der Waals surface area contributed by atoms with E-state index in [1.54, 1.807) is 0 Å². The van der Waals surface area contributed by atoms with Gasteiger partial charge in [-0.05, 0) is 25.7 Å². The zero-order valence-electron chi connectivity index (χ0n) is 7.45. The van der Waals surface area contributed by atoms with E-state index in [4.69, 9.17) is 11.5 Å². The van der Waals surface area contributed by atoms with Crippen LogP contribution in [0.5, 0.6) is 0 Å². The molecule has 0 aromatic heterocycles. The van der Waals surface area contributed by atoms with Crippen molar-refractivity contribution >= 4 is 11.9 Å². The van der Waals surface area contributed by atoms with Gasteiger partial charge >= 0.3 is 6.03 Å². The van der Waals surface area contributed by atoms with E-state index < -0.39 is 6.03 Å². The quantitative estimate of drug-likeness (QED) is 0.550. The Kier molecular flexibility index (Phi) is 3.11. The van der Waals surface area contributed by atoms with Crippen LogP contribution < -0.4 is 16.8 Å². The minimum Gasteiger partial charge on any atom is -0.369 e. The van der Waals surface area contributed by atoms with Crippen LogP contribution in [-0.2, 0) is 4.79 Å². The molecular weight excluding hydrogens is 170 g/mol. The second kappa shape index (κ2) is 4.11. The molecule has 0 unspecified atom stereocenters. The summed E-state index contributed by atoms with van der Waals surface area (Å²) < 4.78 is 0. The Bertz CT molecular complexity index is 209. The van der Waals surface area contributed by atoms with Crippen molar-refractivity contribution in [2.45, 2.75) is 31.7 Å². The van der Waals surface area contributed by atoms with Crippen LogP contribution in [0.4, 0.5) is 4.79 Å². The SMILES string of the molecule is NC(=O)NC1CCC(C(N)=O)CC1. The average Bonchev–Trinajstić information content (AvgIpc) is 2.04. The lowest BCUT2D eigenvalue weighted by molar-refractivity contribution is -0.122. The Morgan fingerprint density at radius 2 is 1.62 bits per heavy atom. The minimum absolute atomic E-state index is 0.0223. The van der Waals surface area contributed by atoms with Crippen molar-refractivity contribution in [3.63, 3.8) is 0 Å². The number of carbonyl (C=O) groups is 2. The molecule has 1 saturated carbocycles. The lowest BCUT2D eigenvalue weighted by Gasteiger charge is -2.26. The lowest BCUT2D eigenvalue weighted by Crippen LogP contribution is -2.42. The number of urea groups is 1. The van der Waals surface area contributed by atoms with Crippen LogP contribution in [0.2, 0.25) is 0 Å². The van der Waals surface area contributed by atoms with Gasteiger partial charge < -0.3 is 16.8 Å². The zero-order chi connectivity index (χ0) is 9.84. The molecule has 1 rings (SSSR count). The molecule has 3 amide bonds. The zero-order valence-corrected chi connectivity index (χ0v) is 7.45. The summed E-state index contributed by atoms with van der Waals surface area (Å²) in [4.78, 5) is 21.3. The maximum atomic E-state index is 10.8. The van der Waals surface area contributed by atoms with E-state index >= 15 is 0 Å². The summed E-state index contributed by atoms with van der Waals surface area (Å²) in [7, 11) is 0. The second-order valence-electron chi connectivity index (χ2n) is 3.46. The molecule has 0 aliphatic heterocycles. The number of hydrogen-bond acceptors (Lipinski definition) is 2. The van der Waals surface area contributed by atoms with Crippen LogP contribution in [0.15, 0.2) is 0 Å². The Balaban J connectivity index is 2.30. The minimum atomic E-state index is -0.498. The van der Waals surface area contributed by atoms with Gasteiger partial charge in [0.05, 0.1) is 0 Å². The van der Waals surface area contributed by atoms with Gasteiger partial charge in [-0.15, -0.1) is 0 Å². The summed E-state index contributed by atoms with van der Waals surface area (Å²) in [5.41, 5.74) is 10.1. The first-order valence-electron chi connectivity index (χ1n) is 4.45. The Morgan fingerprint density at radius 1 is 1.08 bits per heavy atom. The molecule has 13 heavy (non-hydrogen) atoms. The maximum Gasteiger partial charge on any atom is 0.312 e. The van der Waals surface area contributed by atoms with E-state index in [0.717, 1.165) is 25.7 Å². The van der Waals surface area contributed by atoms with Gasteiger partial charge in [0.25, 0.3) is 0 Å². The van der Waals surface area contributed by atoms with Gasteiger partial charge in [-0.3, -0.25) is 4.79 Å². The van der Waals surface area contributed by atoms with Crippen molar-refractivity contribution in [1.82, 2.24) is 5.32 Å². The van der Waals surface area contributed by atoms with Gasteiger partial charge in [0.15, 0.2) is 0 Å². The molecule has 0 atom stereocenters. The fraction of sp³-hybridized carbons (Fsp3) is 0.750. The fourth-order valence-electron chi connectivity index (χ4n) is 1.72. The molecule has 1 fully saturated rings. The van der Waals surface area contributed by atoms with Crippen LogP contribution in [0.1, 0.15) is 25.7 Å². The first-order chi connectivity index (χ1) is 6.09. The standard InChI is InChI=1S/C8H15N3O2/c9-7(12)5-1-3-6(4-2-5)11-8(10)13/h5-6H,1-4H2,(H2,9,12)(H3,10,11,13). The molecule has 1 aliphatic carbocycles. The highest BCUT2D eigenvalue weighted by molar-refractivity contribution is 5.76. The molecule has 0 saturated heterocycles. The summed E-state index contributed by atoms with van der Waals surface area (Å²) in [6.07, 6.45) is 3.08. The van der Waals surface area contributed by atoms with Crippen LogP contribution >= 0.6 is 0 Å². The summed E-state index contributed by atoms with van der Waals surface area (Å²) in [6, 6.07) is -0.379. The van der Waals surface area contributed by atoms with E-state index in [1.807, 2.05) is 0 Å². The van der Waals surface area contributed by atoms with Crippen molar-refractivity contribution in [3.05, 3.63) is 0 Å². The van der Waals surface area contributed by atoms with Gasteiger partial charge in [0.2, 0.25) is 5.91 Å². The molecule has 5 N–H and O–H groups in total. The van der Waals surface area contributed by atoms with Crippen molar-refractivity contribution in [3.8, 4) is 0 Å². The Morgan fingerprint density at radius 3 is 2.00 bits per heavy atom. The molecule has 5 nitrogen and oxygen atoms in total.